The lowest BCUT2D eigenvalue weighted by molar-refractivity contribution is -0.145. The molecule has 0 bridgehead atoms. The maximum absolute atomic E-state index is 12.4. The molecule has 0 radical (unpaired) electrons. The van der Waals surface area contributed by atoms with E-state index in [1.807, 2.05) is 13.8 Å². The van der Waals surface area contributed by atoms with Gasteiger partial charge in [-0.2, -0.15) is 0 Å². The summed E-state index contributed by atoms with van der Waals surface area (Å²) in [5.41, 5.74) is 2.06. The van der Waals surface area contributed by atoms with E-state index in [2.05, 4.69) is 10.3 Å². The number of benzene rings is 1. The molecule has 0 spiro atoms. The molecule has 1 saturated heterocycles. The highest BCUT2D eigenvalue weighted by Crippen LogP contribution is 2.25. The molecule has 2 atom stereocenters. The molecular weight excluding hydrogens is 310 g/mol. The third kappa shape index (κ3) is 3.06. The summed E-state index contributed by atoms with van der Waals surface area (Å²) in [6.07, 6.45) is 0.719. The van der Waals surface area contributed by atoms with Crippen molar-refractivity contribution in [2.45, 2.75) is 20.3 Å². The van der Waals surface area contributed by atoms with E-state index >= 15 is 0 Å². The first-order valence-corrected chi connectivity index (χ1v) is 8.05. The number of anilines is 1. The van der Waals surface area contributed by atoms with Crippen LogP contribution in [0.5, 0.6) is 0 Å². The van der Waals surface area contributed by atoms with Crippen molar-refractivity contribution in [3.8, 4) is 0 Å². The van der Waals surface area contributed by atoms with E-state index in [0.717, 1.165) is 6.42 Å². The first-order chi connectivity index (χ1) is 11.5. The van der Waals surface area contributed by atoms with E-state index in [-0.39, 0.29) is 23.8 Å². The summed E-state index contributed by atoms with van der Waals surface area (Å²) in [7, 11) is 1.37. The summed E-state index contributed by atoms with van der Waals surface area (Å²) in [4.78, 5) is 30.2. The van der Waals surface area contributed by atoms with Crippen molar-refractivity contribution in [2.24, 2.45) is 11.8 Å². The topological polar surface area (TPSA) is 84.7 Å². The Balaban J connectivity index is 1.69. The summed E-state index contributed by atoms with van der Waals surface area (Å²) in [5.74, 6) is 0.205. The second kappa shape index (κ2) is 6.51. The first kappa shape index (κ1) is 16.3. The van der Waals surface area contributed by atoms with E-state index in [1.54, 1.807) is 23.1 Å². The lowest BCUT2D eigenvalue weighted by Gasteiger charge is -2.17. The zero-order valence-corrected chi connectivity index (χ0v) is 14.0. The van der Waals surface area contributed by atoms with Crippen molar-refractivity contribution in [1.82, 2.24) is 9.88 Å². The molecule has 7 heteroatoms. The lowest BCUT2D eigenvalue weighted by atomic mass is 9.99. The van der Waals surface area contributed by atoms with Crippen LogP contribution >= 0.6 is 0 Å². The third-order valence-electron chi connectivity index (χ3n) is 4.39. The maximum Gasteiger partial charge on any atom is 0.321 e. The number of nitrogens with zero attached hydrogens (tertiary/aromatic N) is 2. The molecule has 128 valence electrons. The Morgan fingerprint density at radius 3 is 2.92 bits per heavy atom. The average Bonchev–Trinajstić information content (AvgIpc) is 3.16. The Hall–Kier alpha value is -2.57. The van der Waals surface area contributed by atoms with Crippen molar-refractivity contribution in [3.05, 3.63) is 24.1 Å². The molecule has 7 nitrogen and oxygen atoms in total. The van der Waals surface area contributed by atoms with Crippen molar-refractivity contribution < 1.29 is 18.7 Å². The molecule has 1 aliphatic heterocycles. The van der Waals surface area contributed by atoms with Crippen LogP contribution in [0.15, 0.2) is 22.6 Å². The predicted molar refractivity (Wildman–Crippen MR) is 88.6 cm³/mol. The summed E-state index contributed by atoms with van der Waals surface area (Å²) in [6, 6.07) is 5.13. The van der Waals surface area contributed by atoms with Gasteiger partial charge < -0.3 is 19.4 Å². The van der Waals surface area contributed by atoms with Gasteiger partial charge in [-0.25, -0.2) is 9.78 Å². The zero-order valence-electron chi connectivity index (χ0n) is 14.0. The fourth-order valence-electron chi connectivity index (χ4n) is 3.00. The molecule has 0 aliphatic carbocycles. The van der Waals surface area contributed by atoms with Crippen LogP contribution in [0.25, 0.3) is 11.1 Å². The third-order valence-corrected chi connectivity index (χ3v) is 4.39. The van der Waals surface area contributed by atoms with E-state index < -0.39 is 0 Å². The Morgan fingerprint density at radius 2 is 2.21 bits per heavy atom. The molecule has 1 N–H and O–H groups in total. The zero-order chi connectivity index (χ0) is 17.3. The average molecular weight is 331 g/mol. The van der Waals surface area contributed by atoms with Crippen LogP contribution in [0.3, 0.4) is 0 Å². The van der Waals surface area contributed by atoms with Gasteiger partial charge in [0.2, 0.25) is 0 Å². The van der Waals surface area contributed by atoms with Crippen molar-refractivity contribution in [2.75, 3.05) is 25.5 Å². The Kier molecular flexibility index (Phi) is 4.42. The summed E-state index contributed by atoms with van der Waals surface area (Å²) in [5, 5.41) is 2.85. The Morgan fingerprint density at radius 1 is 1.42 bits per heavy atom. The highest BCUT2D eigenvalue weighted by Gasteiger charge is 2.37. The van der Waals surface area contributed by atoms with E-state index in [4.69, 9.17) is 9.15 Å². The van der Waals surface area contributed by atoms with Crippen molar-refractivity contribution in [1.29, 1.82) is 0 Å². The number of carbonyl (C=O) groups is 2. The minimum atomic E-state index is -0.272. The largest absolute Gasteiger partial charge is 0.469 e. The number of methoxy groups -OCH3 is 1. The second-order valence-electron chi connectivity index (χ2n) is 6.09. The molecule has 0 saturated carbocycles. The van der Waals surface area contributed by atoms with Gasteiger partial charge in [0.05, 0.1) is 13.0 Å². The van der Waals surface area contributed by atoms with Gasteiger partial charge in [-0.15, -0.1) is 0 Å². The second-order valence-corrected chi connectivity index (χ2v) is 6.09. The number of aryl methyl sites for hydroxylation is 1. The summed E-state index contributed by atoms with van der Waals surface area (Å²) >= 11 is 0. The smallest absolute Gasteiger partial charge is 0.321 e. The van der Waals surface area contributed by atoms with Gasteiger partial charge in [0, 0.05) is 25.2 Å². The number of oxazole rings is 1. The minimum Gasteiger partial charge on any atom is -0.469 e. The van der Waals surface area contributed by atoms with Gasteiger partial charge in [0.25, 0.3) is 0 Å². The van der Waals surface area contributed by atoms with Crippen molar-refractivity contribution >= 4 is 28.8 Å². The van der Waals surface area contributed by atoms with Gasteiger partial charge in [-0.1, -0.05) is 13.8 Å². The molecular formula is C17H21N3O4. The van der Waals surface area contributed by atoms with Gasteiger partial charge in [0.15, 0.2) is 11.5 Å². The SMILES string of the molecule is CCc1nc2cc(NC(=O)N3C[C@@H](C)[C@H](C(=O)OC)C3)ccc2o1. The molecule has 1 fully saturated rings. The highest BCUT2D eigenvalue weighted by molar-refractivity contribution is 5.92. The molecule has 2 heterocycles. The maximum atomic E-state index is 12.4. The van der Waals surface area contributed by atoms with E-state index in [9.17, 15) is 9.59 Å². The van der Waals surface area contributed by atoms with Gasteiger partial charge >= 0.3 is 12.0 Å². The Bertz CT molecular complexity index is 770. The quantitative estimate of drug-likeness (QED) is 0.874. The molecule has 3 rings (SSSR count). The number of hydrogen-bond donors (Lipinski definition) is 1. The minimum absolute atomic E-state index is 0.0772. The Labute approximate surface area is 140 Å². The molecule has 2 amide bonds. The fraction of sp³-hybridized carbons (Fsp3) is 0.471. The lowest BCUT2D eigenvalue weighted by Crippen LogP contribution is -2.34. The van der Waals surface area contributed by atoms with E-state index in [1.165, 1.54) is 7.11 Å². The van der Waals surface area contributed by atoms with Crippen LogP contribution in [0.2, 0.25) is 0 Å². The standard InChI is InChI=1S/C17H21N3O4/c1-4-15-19-13-7-11(5-6-14(13)24-15)18-17(22)20-8-10(2)12(9-20)16(21)23-3/h5-7,10,12H,4,8-9H2,1-3H3,(H,18,22)/t10-,12-/m1/s1. The number of amides is 2. The number of carbonyl (C=O) groups excluding carboxylic acids is 2. The molecule has 24 heavy (non-hydrogen) atoms. The number of rotatable bonds is 3. The molecule has 2 aromatic rings. The number of aromatic nitrogens is 1. The first-order valence-electron chi connectivity index (χ1n) is 8.05. The number of nitrogens with one attached hydrogen (secondary N) is 1. The van der Waals surface area contributed by atoms with Gasteiger partial charge in [-0.3, -0.25) is 4.79 Å². The van der Waals surface area contributed by atoms with Crippen LogP contribution in [-0.4, -0.2) is 42.1 Å². The highest BCUT2D eigenvalue weighted by atomic mass is 16.5. The van der Waals surface area contributed by atoms with Crippen LogP contribution in [0, 0.1) is 11.8 Å². The van der Waals surface area contributed by atoms with Crippen LogP contribution < -0.4 is 5.32 Å². The molecule has 1 aliphatic rings. The van der Waals surface area contributed by atoms with Gasteiger partial charge in [-0.05, 0) is 24.1 Å². The number of urea groups is 1. The fourth-order valence-corrected chi connectivity index (χ4v) is 3.00. The number of likely N-dealkylation sites (tertiary alicyclic amines) is 1. The predicted octanol–water partition coefficient (Wildman–Crippen LogP) is 2.66. The van der Waals surface area contributed by atoms with E-state index in [0.29, 0.717) is 35.8 Å². The van der Waals surface area contributed by atoms with Crippen LogP contribution in [0.4, 0.5) is 10.5 Å². The normalized spacial score (nSPS) is 20.4. The molecule has 1 aromatic carbocycles. The van der Waals surface area contributed by atoms with Crippen LogP contribution in [-0.2, 0) is 16.0 Å². The van der Waals surface area contributed by atoms with Gasteiger partial charge in [0.1, 0.15) is 5.52 Å². The number of hydrogen-bond acceptors (Lipinski definition) is 5. The molecule has 1 aromatic heterocycles. The molecule has 0 unspecified atom stereocenters. The number of esters is 1. The van der Waals surface area contributed by atoms with Crippen molar-refractivity contribution in [3.63, 3.8) is 0 Å². The summed E-state index contributed by atoms with van der Waals surface area (Å²) < 4.78 is 10.4. The number of fused-ring (bicyclic) bond motifs is 1. The van der Waals surface area contributed by atoms with Crippen LogP contribution in [0.1, 0.15) is 19.7 Å². The summed E-state index contributed by atoms with van der Waals surface area (Å²) in [6.45, 7) is 4.81. The monoisotopic (exact) mass is 331 g/mol. The number of ether oxygens (including phenoxy) is 1.